The number of ether oxygens (including phenoxy) is 2. The molecule has 4 nitrogen and oxygen atoms in total. The first-order valence-electron chi connectivity index (χ1n) is 6.63. The average Bonchev–Trinajstić information content (AvgIpc) is 2.13. The van der Waals surface area contributed by atoms with Crippen LogP contribution in [0.2, 0.25) is 0 Å². The van der Waals surface area contributed by atoms with Crippen LogP contribution in [0.5, 0.6) is 0 Å². The molecule has 0 bridgehead atoms. The molecule has 1 atom stereocenters. The maximum absolute atomic E-state index is 12.2. The fourth-order valence-corrected chi connectivity index (χ4v) is 2.36. The number of carbonyl (C=O) groups is 1. The van der Waals surface area contributed by atoms with E-state index < -0.39 is 5.60 Å². The predicted octanol–water partition coefficient (Wildman–Crippen LogP) is 3.06. The minimum Gasteiger partial charge on any atom is -0.444 e. The van der Waals surface area contributed by atoms with Crippen molar-refractivity contribution in [1.29, 1.82) is 0 Å². The molecule has 0 aromatic rings. The van der Waals surface area contributed by atoms with Crippen molar-refractivity contribution in [3.63, 3.8) is 0 Å². The van der Waals surface area contributed by atoms with Crippen molar-refractivity contribution in [2.75, 3.05) is 20.3 Å². The number of hydrogen-bond acceptors (Lipinski definition) is 3. The lowest BCUT2D eigenvalue weighted by molar-refractivity contribution is -0.0188. The molecule has 1 amide bonds. The Morgan fingerprint density at radius 1 is 1.39 bits per heavy atom. The van der Waals surface area contributed by atoms with Crippen LogP contribution >= 0.6 is 0 Å². The third-order valence-electron chi connectivity index (χ3n) is 3.25. The van der Waals surface area contributed by atoms with Gasteiger partial charge in [-0.1, -0.05) is 13.8 Å². The number of hydrogen-bond donors (Lipinski definition) is 0. The number of nitrogens with zero attached hydrogens (tertiary/aromatic N) is 1. The Morgan fingerprint density at radius 3 is 2.50 bits per heavy atom. The summed E-state index contributed by atoms with van der Waals surface area (Å²) in [6.45, 7) is 11.5. The van der Waals surface area contributed by atoms with Gasteiger partial charge in [0, 0.05) is 13.7 Å². The van der Waals surface area contributed by atoms with Gasteiger partial charge in [-0.15, -0.1) is 0 Å². The van der Waals surface area contributed by atoms with E-state index in [1.54, 1.807) is 7.11 Å². The zero-order valence-corrected chi connectivity index (χ0v) is 12.6. The standard InChI is InChI=1S/C14H27NO3/c1-13(2,3)18-12(16)15-8-7-14(4,5)9-11(15)10-17-6/h11H,7-10H2,1-6H3. The quantitative estimate of drug-likeness (QED) is 0.763. The molecular weight excluding hydrogens is 230 g/mol. The highest BCUT2D eigenvalue weighted by molar-refractivity contribution is 5.68. The molecule has 0 aromatic heterocycles. The van der Waals surface area contributed by atoms with Gasteiger partial charge in [0.2, 0.25) is 0 Å². The number of carbonyl (C=O) groups excluding carboxylic acids is 1. The van der Waals surface area contributed by atoms with E-state index in [4.69, 9.17) is 9.47 Å². The Kier molecular flexibility index (Phi) is 4.65. The molecule has 1 saturated heterocycles. The third-order valence-corrected chi connectivity index (χ3v) is 3.25. The zero-order valence-electron chi connectivity index (χ0n) is 12.6. The second-order valence-electron chi connectivity index (χ2n) is 6.90. The van der Waals surface area contributed by atoms with Crippen LogP contribution in [-0.2, 0) is 9.47 Å². The third kappa shape index (κ3) is 4.48. The molecule has 0 N–H and O–H groups in total. The van der Waals surface area contributed by atoms with Crippen molar-refractivity contribution in [1.82, 2.24) is 4.90 Å². The highest BCUT2D eigenvalue weighted by Gasteiger charge is 2.37. The van der Waals surface area contributed by atoms with Gasteiger partial charge in [-0.25, -0.2) is 4.79 Å². The van der Waals surface area contributed by atoms with Crippen molar-refractivity contribution in [3.8, 4) is 0 Å². The molecule has 18 heavy (non-hydrogen) atoms. The molecule has 4 heteroatoms. The molecular formula is C14H27NO3. The number of rotatable bonds is 2. The summed E-state index contributed by atoms with van der Waals surface area (Å²) in [5, 5.41) is 0. The van der Waals surface area contributed by atoms with Crippen LogP contribution < -0.4 is 0 Å². The van der Waals surface area contributed by atoms with Gasteiger partial charge in [0.15, 0.2) is 0 Å². The zero-order chi connectivity index (χ0) is 14.0. The van der Waals surface area contributed by atoms with Gasteiger partial charge in [-0.05, 0) is 39.0 Å². The van der Waals surface area contributed by atoms with Gasteiger partial charge in [0.05, 0.1) is 12.6 Å². The number of amides is 1. The lowest BCUT2D eigenvalue weighted by atomic mass is 9.79. The lowest BCUT2D eigenvalue weighted by Gasteiger charge is -2.43. The van der Waals surface area contributed by atoms with Crippen molar-refractivity contribution in [3.05, 3.63) is 0 Å². The van der Waals surface area contributed by atoms with E-state index >= 15 is 0 Å². The van der Waals surface area contributed by atoms with E-state index in [9.17, 15) is 4.79 Å². The van der Waals surface area contributed by atoms with E-state index in [1.165, 1.54) is 0 Å². The van der Waals surface area contributed by atoms with Crippen molar-refractivity contribution >= 4 is 6.09 Å². The van der Waals surface area contributed by atoms with Crippen LogP contribution in [0.3, 0.4) is 0 Å². The Hall–Kier alpha value is -0.770. The van der Waals surface area contributed by atoms with E-state index in [1.807, 2.05) is 25.7 Å². The minimum atomic E-state index is -0.443. The van der Waals surface area contributed by atoms with Crippen LogP contribution in [0.1, 0.15) is 47.5 Å². The summed E-state index contributed by atoms with van der Waals surface area (Å²) in [5.41, 5.74) is -0.177. The Morgan fingerprint density at radius 2 is 2.00 bits per heavy atom. The van der Waals surface area contributed by atoms with Gasteiger partial charge in [-0.2, -0.15) is 0 Å². The molecule has 0 saturated carbocycles. The highest BCUT2D eigenvalue weighted by atomic mass is 16.6. The SMILES string of the molecule is COCC1CC(C)(C)CCN1C(=O)OC(C)(C)C. The number of piperidine rings is 1. The summed E-state index contributed by atoms with van der Waals surface area (Å²) in [6.07, 6.45) is 1.74. The molecule has 0 spiro atoms. The maximum Gasteiger partial charge on any atom is 0.410 e. The van der Waals surface area contributed by atoms with Gasteiger partial charge < -0.3 is 14.4 Å². The first-order valence-corrected chi connectivity index (χ1v) is 6.63. The van der Waals surface area contributed by atoms with E-state index in [2.05, 4.69) is 13.8 Å². The number of methoxy groups -OCH3 is 1. The van der Waals surface area contributed by atoms with Crippen molar-refractivity contribution in [2.45, 2.75) is 59.1 Å². The van der Waals surface area contributed by atoms with Crippen LogP contribution in [0.25, 0.3) is 0 Å². The molecule has 1 unspecified atom stereocenters. The van der Waals surface area contributed by atoms with Gasteiger partial charge in [0.1, 0.15) is 5.60 Å². The van der Waals surface area contributed by atoms with Crippen LogP contribution in [0.4, 0.5) is 4.79 Å². The fraction of sp³-hybridized carbons (Fsp3) is 0.929. The highest BCUT2D eigenvalue weighted by Crippen LogP contribution is 2.34. The summed E-state index contributed by atoms with van der Waals surface area (Å²) < 4.78 is 10.7. The van der Waals surface area contributed by atoms with Crippen molar-refractivity contribution in [2.24, 2.45) is 5.41 Å². The Labute approximate surface area is 111 Å². The van der Waals surface area contributed by atoms with Gasteiger partial charge in [-0.3, -0.25) is 0 Å². The summed E-state index contributed by atoms with van der Waals surface area (Å²) in [7, 11) is 1.68. The lowest BCUT2D eigenvalue weighted by Crippen LogP contribution is -2.51. The molecule has 1 fully saturated rings. The largest absolute Gasteiger partial charge is 0.444 e. The predicted molar refractivity (Wildman–Crippen MR) is 71.6 cm³/mol. The van der Waals surface area contributed by atoms with E-state index in [0.29, 0.717) is 6.61 Å². The normalized spacial score (nSPS) is 23.9. The van der Waals surface area contributed by atoms with Crippen molar-refractivity contribution < 1.29 is 14.3 Å². The Balaban J connectivity index is 2.70. The van der Waals surface area contributed by atoms with Gasteiger partial charge in [0.25, 0.3) is 0 Å². The molecule has 0 aromatic carbocycles. The van der Waals surface area contributed by atoms with E-state index in [0.717, 1.165) is 19.4 Å². The second kappa shape index (κ2) is 5.47. The first kappa shape index (κ1) is 15.3. The van der Waals surface area contributed by atoms with Crippen LogP contribution in [0, 0.1) is 5.41 Å². The molecule has 1 heterocycles. The Bertz CT molecular complexity index is 294. The monoisotopic (exact) mass is 257 g/mol. The molecule has 0 radical (unpaired) electrons. The summed E-state index contributed by atoms with van der Waals surface area (Å²) in [6, 6.07) is 0.119. The molecule has 106 valence electrons. The molecule has 1 aliphatic rings. The van der Waals surface area contributed by atoms with Gasteiger partial charge >= 0.3 is 6.09 Å². The topological polar surface area (TPSA) is 38.8 Å². The summed E-state index contributed by atoms with van der Waals surface area (Å²) >= 11 is 0. The molecule has 1 rings (SSSR count). The minimum absolute atomic E-state index is 0.119. The molecule has 1 aliphatic heterocycles. The van der Waals surface area contributed by atoms with E-state index in [-0.39, 0.29) is 17.6 Å². The van der Waals surface area contributed by atoms with Crippen LogP contribution in [0.15, 0.2) is 0 Å². The first-order chi connectivity index (χ1) is 8.14. The number of likely N-dealkylation sites (tertiary alicyclic amines) is 1. The average molecular weight is 257 g/mol. The summed E-state index contributed by atoms with van der Waals surface area (Å²) in [5.74, 6) is 0. The fourth-order valence-electron chi connectivity index (χ4n) is 2.36. The van der Waals surface area contributed by atoms with Crippen LogP contribution in [-0.4, -0.2) is 42.9 Å². The molecule has 0 aliphatic carbocycles. The smallest absolute Gasteiger partial charge is 0.410 e. The summed E-state index contributed by atoms with van der Waals surface area (Å²) in [4.78, 5) is 14.0. The maximum atomic E-state index is 12.2. The second-order valence-corrected chi connectivity index (χ2v) is 6.90.